The van der Waals surface area contributed by atoms with Gasteiger partial charge in [0.2, 0.25) is 0 Å². The summed E-state index contributed by atoms with van der Waals surface area (Å²) in [7, 11) is -0.407. The van der Waals surface area contributed by atoms with Gasteiger partial charge in [0, 0.05) is 0 Å². The average Bonchev–Trinajstić information content (AvgIpc) is 3.10. The number of rotatable bonds is 3. The normalized spacial score (nSPS) is 24.1. The number of aromatic nitrogens is 1. The van der Waals surface area contributed by atoms with Gasteiger partial charge < -0.3 is 9.31 Å². The molecular weight excluding hydrogens is 272 g/mol. The summed E-state index contributed by atoms with van der Waals surface area (Å²) in [4.78, 5) is 4.68. The number of halogens is 1. The molecule has 3 nitrogen and oxygen atoms in total. The number of hydrogen-bond donors (Lipinski definition) is 0. The highest BCUT2D eigenvalue weighted by Crippen LogP contribution is 2.37. The van der Waals surface area contributed by atoms with E-state index >= 15 is 0 Å². The van der Waals surface area contributed by atoms with Crippen LogP contribution in [0, 0.1) is 5.92 Å². The van der Waals surface area contributed by atoms with E-state index in [9.17, 15) is 0 Å². The van der Waals surface area contributed by atoms with Crippen molar-refractivity contribution < 1.29 is 9.31 Å². The molecule has 0 unspecified atom stereocenters. The highest BCUT2D eigenvalue weighted by atomic mass is 35.5. The molecule has 3 rings (SSSR count). The SMILES string of the molecule is CC1(C)OB(c2ccc(Cl)c(CC3CC3)n2)OC1(C)C. The molecule has 0 atom stereocenters. The molecule has 0 aromatic carbocycles. The Morgan fingerprint density at radius 2 is 1.80 bits per heavy atom. The first-order valence-corrected chi connectivity index (χ1v) is 7.67. The van der Waals surface area contributed by atoms with Crippen LogP contribution in [-0.2, 0) is 15.7 Å². The van der Waals surface area contributed by atoms with Crippen LogP contribution in [0.3, 0.4) is 0 Å². The number of pyridine rings is 1. The molecule has 108 valence electrons. The lowest BCUT2D eigenvalue weighted by Gasteiger charge is -2.32. The van der Waals surface area contributed by atoms with Crippen molar-refractivity contribution in [2.75, 3.05) is 0 Å². The maximum absolute atomic E-state index is 6.24. The molecule has 2 fully saturated rings. The van der Waals surface area contributed by atoms with Crippen molar-refractivity contribution in [2.45, 2.75) is 58.2 Å². The van der Waals surface area contributed by atoms with Crippen LogP contribution in [0.5, 0.6) is 0 Å². The maximum Gasteiger partial charge on any atom is 0.514 e. The first-order chi connectivity index (χ1) is 9.28. The Morgan fingerprint density at radius 1 is 1.20 bits per heavy atom. The van der Waals surface area contributed by atoms with E-state index in [0.717, 1.165) is 28.6 Å². The van der Waals surface area contributed by atoms with Gasteiger partial charge in [-0.2, -0.15) is 0 Å². The second-order valence-corrected chi connectivity index (χ2v) is 7.31. The third-order valence-electron chi connectivity index (χ3n) is 4.61. The number of nitrogens with zero attached hydrogens (tertiary/aromatic N) is 1. The Balaban J connectivity index is 1.84. The maximum atomic E-state index is 6.24. The minimum absolute atomic E-state index is 0.338. The van der Waals surface area contributed by atoms with E-state index in [1.54, 1.807) is 0 Å². The second-order valence-electron chi connectivity index (χ2n) is 6.90. The molecule has 1 saturated carbocycles. The van der Waals surface area contributed by atoms with Gasteiger partial charge in [0.1, 0.15) is 0 Å². The minimum Gasteiger partial charge on any atom is -0.398 e. The van der Waals surface area contributed by atoms with Crippen LogP contribution in [0.1, 0.15) is 46.2 Å². The molecule has 1 aliphatic carbocycles. The molecule has 2 aliphatic rings. The fourth-order valence-electron chi connectivity index (χ4n) is 2.33. The smallest absolute Gasteiger partial charge is 0.398 e. The Kier molecular flexibility index (Phi) is 3.39. The zero-order valence-corrected chi connectivity index (χ0v) is 13.3. The van der Waals surface area contributed by atoms with Gasteiger partial charge in [-0.25, -0.2) is 0 Å². The van der Waals surface area contributed by atoms with E-state index in [1.807, 2.05) is 39.8 Å². The van der Waals surface area contributed by atoms with Crippen molar-refractivity contribution in [2.24, 2.45) is 5.92 Å². The summed E-state index contributed by atoms with van der Waals surface area (Å²) in [6.07, 6.45) is 3.55. The standard InChI is InChI=1S/C15H21BClNO2/c1-14(2)15(3,4)20-16(19-14)13-8-7-11(17)12(18-13)9-10-5-6-10/h7-8,10H,5-6,9H2,1-4H3. The van der Waals surface area contributed by atoms with E-state index in [2.05, 4.69) is 4.98 Å². The lowest BCUT2D eigenvalue weighted by Crippen LogP contribution is -2.41. The molecule has 2 heterocycles. The second kappa shape index (κ2) is 4.72. The van der Waals surface area contributed by atoms with Crippen molar-refractivity contribution in [1.82, 2.24) is 4.98 Å². The van der Waals surface area contributed by atoms with Crippen LogP contribution in [0.2, 0.25) is 5.02 Å². The predicted octanol–water partition coefficient (Wildman–Crippen LogP) is 2.99. The van der Waals surface area contributed by atoms with Gasteiger partial charge in [-0.1, -0.05) is 11.6 Å². The summed E-state index contributed by atoms with van der Waals surface area (Å²) in [6, 6.07) is 3.81. The van der Waals surface area contributed by atoms with Crippen molar-refractivity contribution >= 4 is 24.3 Å². The predicted molar refractivity (Wildman–Crippen MR) is 81.4 cm³/mol. The first kappa shape index (κ1) is 14.4. The van der Waals surface area contributed by atoms with Crippen molar-refractivity contribution in [1.29, 1.82) is 0 Å². The Bertz CT molecular complexity index is 513. The fraction of sp³-hybridized carbons (Fsp3) is 0.667. The van der Waals surface area contributed by atoms with E-state index in [1.165, 1.54) is 12.8 Å². The van der Waals surface area contributed by atoms with Crippen molar-refractivity contribution in [3.05, 3.63) is 22.8 Å². The van der Waals surface area contributed by atoms with E-state index in [0.29, 0.717) is 0 Å². The van der Waals surface area contributed by atoms with Gasteiger partial charge in [-0.15, -0.1) is 0 Å². The van der Waals surface area contributed by atoms with E-state index in [4.69, 9.17) is 20.9 Å². The van der Waals surface area contributed by atoms with Gasteiger partial charge in [0.15, 0.2) is 0 Å². The molecule has 5 heteroatoms. The highest BCUT2D eigenvalue weighted by molar-refractivity contribution is 6.61. The summed E-state index contributed by atoms with van der Waals surface area (Å²) >= 11 is 6.24. The van der Waals surface area contributed by atoms with Crippen molar-refractivity contribution in [3.63, 3.8) is 0 Å². The van der Waals surface area contributed by atoms with Crippen LogP contribution >= 0.6 is 11.6 Å². The Hall–Kier alpha value is -0.575. The summed E-state index contributed by atoms with van der Waals surface area (Å²) in [5, 5.41) is 0.747. The van der Waals surface area contributed by atoms with Crippen LogP contribution in [0.15, 0.2) is 12.1 Å². The van der Waals surface area contributed by atoms with Gasteiger partial charge in [0.25, 0.3) is 0 Å². The summed E-state index contributed by atoms with van der Waals surface area (Å²) in [6.45, 7) is 8.20. The monoisotopic (exact) mass is 293 g/mol. The molecule has 0 spiro atoms. The zero-order valence-electron chi connectivity index (χ0n) is 12.6. The van der Waals surface area contributed by atoms with E-state index in [-0.39, 0.29) is 11.2 Å². The molecule has 0 N–H and O–H groups in total. The summed E-state index contributed by atoms with van der Waals surface area (Å²) in [5.74, 6) is 0.758. The molecule has 1 aliphatic heterocycles. The Morgan fingerprint density at radius 3 is 2.35 bits per heavy atom. The Labute approximate surface area is 126 Å². The van der Waals surface area contributed by atoms with Crippen LogP contribution in [-0.4, -0.2) is 23.3 Å². The van der Waals surface area contributed by atoms with Crippen LogP contribution < -0.4 is 5.59 Å². The van der Waals surface area contributed by atoms with E-state index < -0.39 is 7.12 Å². The third kappa shape index (κ3) is 2.61. The summed E-state index contributed by atoms with van der Waals surface area (Å²) < 4.78 is 12.1. The molecule has 20 heavy (non-hydrogen) atoms. The van der Waals surface area contributed by atoms with Gasteiger partial charge >= 0.3 is 7.12 Å². The lowest BCUT2D eigenvalue weighted by atomic mass is 9.84. The molecule has 1 aromatic rings. The molecule has 1 aromatic heterocycles. The number of hydrogen-bond acceptors (Lipinski definition) is 3. The summed E-state index contributed by atoms with van der Waals surface area (Å²) in [5.41, 5.74) is 1.12. The largest absolute Gasteiger partial charge is 0.514 e. The fourth-order valence-corrected chi connectivity index (χ4v) is 2.52. The van der Waals surface area contributed by atoms with Gasteiger partial charge in [-0.3, -0.25) is 4.98 Å². The quantitative estimate of drug-likeness (QED) is 0.803. The minimum atomic E-state index is -0.407. The van der Waals surface area contributed by atoms with Crippen LogP contribution in [0.25, 0.3) is 0 Å². The van der Waals surface area contributed by atoms with Gasteiger partial charge in [0.05, 0.1) is 27.5 Å². The van der Waals surface area contributed by atoms with Crippen molar-refractivity contribution in [3.8, 4) is 0 Å². The molecule has 0 amide bonds. The molecule has 0 radical (unpaired) electrons. The lowest BCUT2D eigenvalue weighted by molar-refractivity contribution is 0.00578. The molecule has 0 bridgehead atoms. The molecular formula is C15H21BClNO2. The van der Waals surface area contributed by atoms with Gasteiger partial charge in [-0.05, 0) is 65.0 Å². The van der Waals surface area contributed by atoms with Crippen LogP contribution in [0.4, 0.5) is 0 Å². The average molecular weight is 294 g/mol. The zero-order chi connectivity index (χ0) is 14.5. The highest BCUT2D eigenvalue weighted by Gasteiger charge is 2.52. The topological polar surface area (TPSA) is 31.4 Å². The molecule has 1 saturated heterocycles. The third-order valence-corrected chi connectivity index (χ3v) is 4.96. The first-order valence-electron chi connectivity index (χ1n) is 7.29.